The Hall–Kier alpha value is -0.350. The Balaban J connectivity index is 2.48. The molecular weight excluding hydrogens is 330 g/mol. The molecule has 1 N–H and O–H groups in total. The maximum absolute atomic E-state index is 6.12. The molecule has 1 nitrogen and oxygen atoms in total. The minimum absolute atomic E-state index is 0.197. The van der Waals surface area contributed by atoms with Crippen molar-refractivity contribution in [3.8, 4) is 0 Å². The quantitative estimate of drug-likeness (QED) is 0.806. The number of nitrogens with one attached hydrogen (secondary N) is 1. The smallest absolute Gasteiger partial charge is 0.0685 e. The Morgan fingerprint density at radius 3 is 2.78 bits per heavy atom. The Bertz CT molecular complexity index is 538. The van der Waals surface area contributed by atoms with Gasteiger partial charge in [0.15, 0.2) is 0 Å². The Kier molecular flexibility index (Phi) is 4.84. The fraction of sp³-hybridized carbons (Fsp3) is 0.286. The van der Waals surface area contributed by atoms with Gasteiger partial charge in [-0.1, -0.05) is 34.5 Å². The Morgan fingerprint density at radius 2 is 2.17 bits per heavy atom. The van der Waals surface area contributed by atoms with Gasteiger partial charge < -0.3 is 5.32 Å². The lowest BCUT2D eigenvalue weighted by Gasteiger charge is -2.20. The van der Waals surface area contributed by atoms with E-state index in [2.05, 4.69) is 46.5 Å². The molecular formula is C14H15BrClNS. The van der Waals surface area contributed by atoms with Crippen LogP contribution in [0.2, 0.25) is 5.02 Å². The van der Waals surface area contributed by atoms with Crippen LogP contribution in [0.15, 0.2) is 34.1 Å². The highest BCUT2D eigenvalue weighted by Crippen LogP contribution is 2.34. The van der Waals surface area contributed by atoms with Gasteiger partial charge in [-0.3, -0.25) is 0 Å². The molecule has 0 aliphatic rings. The zero-order chi connectivity index (χ0) is 13.1. The highest BCUT2D eigenvalue weighted by Gasteiger charge is 2.19. The van der Waals surface area contributed by atoms with Gasteiger partial charge in [-0.05, 0) is 54.2 Å². The standard InChI is InChI=1S/C14H15BrClNS/c1-3-17-13(14-9(2)6-7-18-14)11-8-10(16)4-5-12(11)15/h4-8,13,17H,3H2,1-2H3. The summed E-state index contributed by atoms with van der Waals surface area (Å²) in [6.45, 7) is 5.18. The first-order valence-electron chi connectivity index (χ1n) is 5.85. The van der Waals surface area contributed by atoms with E-state index in [1.165, 1.54) is 16.0 Å². The highest BCUT2D eigenvalue weighted by molar-refractivity contribution is 9.10. The van der Waals surface area contributed by atoms with Crippen LogP contribution in [-0.2, 0) is 0 Å². The molecule has 0 saturated heterocycles. The molecule has 1 atom stereocenters. The molecule has 0 spiro atoms. The van der Waals surface area contributed by atoms with Crippen molar-refractivity contribution < 1.29 is 0 Å². The predicted octanol–water partition coefficient (Wildman–Crippen LogP) is 5.17. The van der Waals surface area contributed by atoms with Crippen molar-refractivity contribution in [1.29, 1.82) is 0 Å². The van der Waals surface area contributed by atoms with Crippen molar-refractivity contribution in [2.45, 2.75) is 19.9 Å². The third kappa shape index (κ3) is 2.97. The average Bonchev–Trinajstić information content (AvgIpc) is 2.76. The first kappa shape index (κ1) is 14.1. The lowest BCUT2D eigenvalue weighted by atomic mass is 10.0. The normalized spacial score (nSPS) is 12.7. The summed E-state index contributed by atoms with van der Waals surface area (Å²) in [4.78, 5) is 1.35. The summed E-state index contributed by atoms with van der Waals surface area (Å²) in [6, 6.07) is 8.29. The van der Waals surface area contributed by atoms with E-state index in [1.807, 2.05) is 18.2 Å². The first-order chi connectivity index (χ1) is 8.63. The van der Waals surface area contributed by atoms with Crippen molar-refractivity contribution in [2.75, 3.05) is 6.54 Å². The summed E-state index contributed by atoms with van der Waals surface area (Å²) < 4.78 is 1.09. The molecule has 0 aliphatic carbocycles. The SMILES string of the molecule is CCNC(c1cc(Cl)ccc1Br)c1sccc1C. The molecule has 0 bridgehead atoms. The summed E-state index contributed by atoms with van der Waals surface area (Å²) in [5.41, 5.74) is 2.51. The highest BCUT2D eigenvalue weighted by atomic mass is 79.9. The van der Waals surface area contributed by atoms with Crippen molar-refractivity contribution in [3.63, 3.8) is 0 Å². The molecule has 18 heavy (non-hydrogen) atoms. The zero-order valence-electron chi connectivity index (χ0n) is 10.3. The van der Waals surface area contributed by atoms with Crippen LogP contribution in [0.25, 0.3) is 0 Å². The maximum atomic E-state index is 6.12. The van der Waals surface area contributed by atoms with E-state index in [4.69, 9.17) is 11.6 Å². The van der Waals surface area contributed by atoms with Crippen molar-refractivity contribution >= 4 is 38.9 Å². The van der Waals surface area contributed by atoms with Crippen LogP contribution in [0.4, 0.5) is 0 Å². The minimum atomic E-state index is 0.197. The molecule has 2 aromatic rings. The summed E-state index contributed by atoms with van der Waals surface area (Å²) in [5, 5.41) is 6.43. The van der Waals surface area contributed by atoms with Crippen LogP contribution in [0.3, 0.4) is 0 Å². The van der Waals surface area contributed by atoms with Crippen LogP contribution >= 0.6 is 38.9 Å². The monoisotopic (exact) mass is 343 g/mol. The Morgan fingerprint density at radius 1 is 1.39 bits per heavy atom. The van der Waals surface area contributed by atoms with E-state index < -0.39 is 0 Å². The van der Waals surface area contributed by atoms with E-state index in [0.717, 1.165) is 16.0 Å². The molecule has 4 heteroatoms. The summed E-state index contributed by atoms with van der Waals surface area (Å²) in [5.74, 6) is 0. The largest absolute Gasteiger partial charge is 0.306 e. The minimum Gasteiger partial charge on any atom is -0.306 e. The van der Waals surface area contributed by atoms with Crippen molar-refractivity contribution in [1.82, 2.24) is 5.32 Å². The van der Waals surface area contributed by atoms with Crippen LogP contribution in [0.1, 0.15) is 29.0 Å². The van der Waals surface area contributed by atoms with E-state index >= 15 is 0 Å². The summed E-state index contributed by atoms with van der Waals surface area (Å²) in [7, 11) is 0. The van der Waals surface area contributed by atoms with E-state index in [9.17, 15) is 0 Å². The number of hydrogen-bond donors (Lipinski definition) is 1. The molecule has 0 radical (unpaired) electrons. The van der Waals surface area contributed by atoms with Crippen LogP contribution in [0, 0.1) is 6.92 Å². The summed E-state index contributed by atoms with van der Waals surface area (Å²) in [6.07, 6.45) is 0. The van der Waals surface area contributed by atoms with Gasteiger partial charge >= 0.3 is 0 Å². The molecule has 1 heterocycles. The van der Waals surface area contributed by atoms with E-state index in [0.29, 0.717) is 0 Å². The van der Waals surface area contributed by atoms with Gasteiger partial charge in [-0.2, -0.15) is 0 Å². The molecule has 0 saturated carbocycles. The number of benzene rings is 1. The number of thiophene rings is 1. The fourth-order valence-electron chi connectivity index (χ4n) is 1.96. The van der Waals surface area contributed by atoms with E-state index in [1.54, 1.807) is 11.3 Å². The lowest BCUT2D eigenvalue weighted by molar-refractivity contribution is 0.635. The van der Waals surface area contributed by atoms with Gasteiger partial charge in [-0.25, -0.2) is 0 Å². The average molecular weight is 345 g/mol. The first-order valence-corrected chi connectivity index (χ1v) is 7.91. The van der Waals surface area contributed by atoms with Gasteiger partial charge in [0, 0.05) is 14.4 Å². The molecule has 0 aliphatic heterocycles. The molecule has 0 amide bonds. The van der Waals surface area contributed by atoms with Gasteiger partial charge in [0.1, 0.15) is 0 Å². The summed E-state index contributed by atoms with van der Waals surface area (Å²) >= 11 is 11.5. The second-order valence-corrected chi connectivity index (χ2v) is 6.36. The van der Waals surface area contributed by atoms with Gasteiger partial charge in [0.05, 0.1) is 6.04 Å². The molecule has 0 fully saturated rings. The lowest BCUT2D eigenvalue weighted by Crippen LogP contribution is -2.22. The second-order valence-electron chi connectivity index (χ2n) is 4.12. The molecule has 96 valence electrons. The zero-order valence-corrected chi connectivity index (χ0v) is 13.5. The number of rotatable bonds is 4. The predicted molar refractivity (Wildman–Crippen MR) is 83.7 cm³/mol. The topological polar surface area (TPSA) is 12.0 Å². The van der Waals surface area contributed by atoms with Gasteiger partial charge in [-0.15, -0.1) is 11.3 Å². The van der Waals surface area contributed by atoms with Crippen molar-refractivity contribution in [3.05, 3.63) is 55.1 Å². The third-order valence-electron chi connectivity index (χ3n) is 2.84. The van der Waals surface area contributed by atoms with Gasteiger partial charge in [0.25, 0.3) is 0 Å². The fourth-order valence-corrected chi connectivity index (χ4v) is 3.64. The number of hydrogen-bond acceptors (Lipinski definition) is 2. The molecule has 1 aromatic carbocycles. The molecule has 2 rings (SSSR count). The van der Waals surface area contributed by atoms with Gasteiger partial charge in [0.2, 0.25) is 0 Å². The molecule has 1 unspecified atom stereocenters. The second kappa shape index (κ2) is 6.20. The maximum Gasteiger partial charge on any atom is 0.0685 e. The van der Waals surface area contributed by atoms with Crippen LogP contribution in [0.5, 0.6) is 0 Å². The van der Waals surface area contributed by atoms with Crippen LogP contribution < -0.4 is 5.32 Å². The number of aryl methyl sites for hydroxylation is 1. The molecule has 1 aromatic heterocycles. The van der Waals surface area contributed by atoms with E-state index in [-0.39, 0.29) is 6.04 Å². The number of halogens is 2. The Labute approximate surface area is 125 Å². The van der Waals surface area contributed by atoms with Crippen molar-refractivity contribution in [2.24, 2.45) is 0 Å². The third-order valence-corrected chi connectivity index (χ3v) is 4.88. The van der Waals surface area contributed by atoms with Crippen LogP contribution in [-0.4, -0.2) is 6.54 Å².